The van der Waals surface area contributed by atoms with Crippen molar-refractivity contribution in [1.29, 1.82) is 0 Å². The van der Waals surface area contributed by atoms with Crippen molar-refractivity contribution in [3.05, 3.63) is 40.5 Å². The van der Waals surface area contributed by atoms with E-state index in [4.69, 9.17) is 16.2 Å². The molecule has 0 saturated heterocycles. The van der Waals surface area contributed by atoms with Gasteiger partial charge >= 0.3 is 6.01 Å². The number of anilines is 1. The van der Waals surface area contributed by atoms with Gasteiger partial charge in [-0.25, -0.2) is 0 Å². The summed E-state index contributed by atoms with van der Waals surface area (Å²) < 4.78 is 5.89. The summed E-state index contributed by atoms with van der Waals surface area (Å²) in [4.78, 5) is 19.1. The van der Waals surface area contributed by atoms with Gasteiger partial charge in [0.05, 0.1) is 5.56 Å². The molecule has 0 fully saturated rings. The lowest BCUT2D eigenvalue weighted by Crippen LogP contribution is -2.12. The zero-order chi connectivity index (χ0) is 13.1. The molecule has 0 aliphatic rings. The largest absolute Gasteiger partial charge is 0.423 e. The molecule has 2 rings (SSSR count). The predicted octanol–water partition coefficient (Wildman–Crippen LogP) is 1.71. The number of carbonyl (C=O) groups is 1. The Morgan fingerprint density at radius 2 is 2.00 bits per heavy atom. The molecule has 0 bridgehead atoms. The fourth-order valence-corrected chi connectivity index (χ4v) is 1.70. The van der Waals surface area contributed by atoms with Crippen LogP contribution in [0.3, 0.4) is 0 Å². The maximum atomic E-state index is 11.2. The van der Waals surface area contributed by atoms with Crippen molar-refractivity contribution >= 4 is 27.7 Å². The van der Waals surface area contributed by atoms with Crippen LogP contribution in [0.15, 0.2) is 34.9 Å². The van der Waals surface area contributed by atoms with Crippen LogP contribution in [0.4, 0.5) is 5.82 Å². The molecule has 1 heterocycles. The van der Waals surface area contributed by atoms with Crippen molar-refractivity contribution in [3.63, 3.8) is 0 Å². The van der Waals surface area contributed by atoms with Crippen LogP contribution in [0.5, 0.6) is 11.8 Å². The van der Waals surface area contributed by atoms with Crippen LogP contribution in [0.25, 0.3) is 0 Å². The molecule has 0 unspecified atom stereocenters. The molecule has 0 radical (unpaired) electrons. The number of nitrogens with zero attached hydrogens (tertiary/aromatic N) is 2. The smallest absolute Gasteiger partial charge is 0.325 e. The second kappa shape index (κ2) is 5.01. The third-order valence-electron chi connectivity index (χ3n) is 2.05. The number of aromatic nitrogens is 2. The standard InChI is InChI=1S/C11H9BrN4O2/c12-8-5-9(13)16-11(15-8)18-7-4-2-1-3-6(7)10(14)17/h1-5H,(H2,14,17)(H2,13,15,16). The van der Waals surface area contributed by atoms with E-state index in [1.54, 1.807) is 24.3 Å². The normalized spacial score (nSPS) is 10.1. The average molecular weight is 309 g/mol. The Morgan fingerprint density at radius 3 is 2.67 bits per heavy atom. The molecular weight excluding hydrogens is 300 g/mol. The predicted molar refractivity (Wildman–Crippen MR) is 69.2 cm³/mol. The summed E-state index contributed by atoms with van der Waals surface area (Å²) in [5.41, 5.74) is 11.0. The van der Waals surface area contributed by atoms with Crippen molar-refractivity contribution < 1.29 is 9.53 Å². The molecule has 4 N–H and O–H groups in total. The summed E-state index contributed by atoms with van der Waals surface area (Å²) in [6.45, 7) is 0. The van der Waals surface area contributed by atoms with Crippen LogP contribution in [0.2, 0.25) is 0 Å². The van der Waals surface area contributed by atoms with Crippen LogP contribution in [0.1, 0.15) is 10.4 Å². The van der Waals surface area contributed by atoms with E-state index in [0.717, 1.165) is 0 Å². The van der Waals surface area contributed by atoms with E-state index in [2.05, 4.69) is 25.9 Å². The molecule has 0 spiro atoms. The number of amides is 1. The highest BCUT2D eigenvalue weighted by atomic mass is 79.9. The van der Waals surface area contributed by atoms with E-state index in [-0.39, 0.29) is 23.1 Å². The summed E-state index contributed by atoms with van der Waals surface area (Å²) >= 11 is 3.17. The van der Waals surface area contributed by atoms with Gasteiger partial charge in [0.1, 0.15) is 16.2 Å². The third kappa shape index (κ3) is 2.75. The second-order valence-corrected chi connectivity index (χ2v) is 4.17. The molecule has 6 nitrogen and oxygen atoms in total. The van der Waals surface area contributed by atoms with Gasteiger partial charge in [0, 0.05) is 6.07 Å². The van der Waals surface area contributed by atoms with Gasteiger partial charge in [-0.1, -0.05) is 12.1 Å². The number of halogens is 1. The number of para-hydroxylation sites is 1. The van der Waals surface area contributed by atoms with Gasteiger partial charge in [0.15, 0.2) is 0 Å². The molecule has 0 aliphatic carbocycles. The van der Waals surface area contributed by atoms with Crippen molar-refractivity contribution in [3.8, 4) is 11.8 Å². The topological polar surface area (TPSA) is 104 Å². The quantitative estimate of drug-likeness (QED) is 0.840. The Labute approximate surface area is 111 Å². The lowest BCUT2D eigenvalue weighted by Gasteiger charge is -2.07. The average Bonchev–Trinajstić information content (AvgIpc) is 2.27. The van der Waals surface area contributed by atoms with E-state index in [9.17, 15) is 4.79 Å². The van der Waals surface area contributed by atoms with Crippen molar-refractivity contribution in [2.75, 3.05) is 5.73 Å². The highest BCUT2D eigenvalue weighted by Crippen LogP contribution is 2.24. The Bertz CT molecular complexity index is 583. The Balaban J connectivity index is 2.37. The Kier molecular flexibility index (Phi) is 3.42. The molecule has 0 atom stereocenters. The number of nitrogens with two attached hydrogens (primary N) is 2. The van der Waals surface area contributed by atoms with E-state index in [1.807, 2.05) is 0 Å². The van der Waals surface area contributed by atoms with E-state index >= 15 is 0 Å². The zero-order valence-corrected chi connectivity index (χ0v) is 10.7. The van der Waals surface area contributed by atoms with Crippen molar-refractivity contribution in [2.45, 2.75) is 0 Å². The Morgan fingerprint density at radius 1 is 1.28 bits per heavy atom. The minimum Gasteiger partial charge on any atom is -0.423 e. The molecule has 7 heteroatoms. The van der Waals surface area contributed by atoms with E-state index in [1.165, 1.54) is 6.07 Å². The zero-order valence-electron chi connectivity index (χ0n) is 9.13. The molecule has 1 amide bonds. The lowest BCUT2D eigenvalue weighted by molar-refractivity contribution is 0.0998. The van der Waals surface area contributed by atoms with Crippen LogP contribution in [-0.4, -0.2) is 15.9 Å². The summed E-state index contributed by atoms with van der Waals surface area (Å²) in [7, 11) is 0. The fraction of sp³-hybridized carbons (Fsp3) is 0. The SMILES string of the molecule is NC(=O)c1ccccc1Oc1nc(N)cc(Br)n1. The molecule has 1 aromatic heterocycles. The third-order valence-corrected chi connectivity index (χ3v) is 2.45. The van der Waals surface area contributed by atoms with Gasteiger partial charge in [-0.05, 0) is 28.1 Å². The van der Waals surface area contributed by atoms with Crippen molar-refractivity contribution in [2.24, 2.45) is 5.73 Å². The minimum absolute atomic E-state index is 0.0376. The summed E-state index contributed by atoms with van der Waals surface area (Å²) in [6, 6.07) is 8.12. The van der Waals surface area contributed by atoms with Crippen molar-refractivity contribution in [1.82, 2.24) is 9.97 Å². The molecule has 0 aliphatic heterocycles. The van der Waals surface area contributed by atoms with Gasteiger partial charge < -0.3 is 16.2 Å². The van der Waals surface area contributed by atoms with Crippen LogP contribution >= 0.6 is 15.9 Å². The van der Waals surface area contributed by atoms with E-state index in [0.29, 0.717) is 4.60 Å². The number of benzene rings is 1. The van der Waals surface area contributed by atoms with E-state index < -0.39 is 5.91 Å². The van der Waals surface area contributed by atoms with Crippen LogP contribution in [-0.2, 0) is 0 Å². The van der Waals surface area contributed by atoms with Gasteiger partial charge in [-0.2, -0.15) is 9.97 Å². The molecule has 18 heavy (non-hydrogen) atoms. The molecule has 1 aromatic carbocycles. The first-order valence-electron chi connectivity index (χ1n) is 4.93. The molecule has 0 saturated carbocycles. The van der Waals surface area contributed by atoms with Gasteiger partial charge in [-0.15, -0.1) is 0 Å². The maximum Gasteiger partial charge on any atom is 0.325 e. The second-order valence-electron chi connectivity index (χ2n) is 3.36. The summed E-state index contributed by atoms with van der Waals surface area (Å²) in [5, 5.41) is 0. The lowest BCUT2D eigenvalue weighted by atomic mass is 10.2. The first-order valence-corrected chi connectivity index (χ1v) is 5.72. The fourth-order valence-electron chi connectivity index (χ4n) is 1.32. The first kappa shape index (κ1) is 12.3. The molecule has 2 aromatic rings. The molecular formula is C11H9BrN4O2. The highest BCUT2D eigenvalue weighted by Gasteiger charge is 2.11. The van der Waals surface area contributed by atoms with Crippen LogP contribution in [0, 0.1) is 0 Å². The molecule has 92 valence electrons. The number of ether oxygens (including phenoxy) is 1. The monoisotopic (exact) mass is 308 g/mol. The highest BCUT2D eigenvalue weighted by molar-refractivity contribution is 9.10. The number of rotatable bonds is 3. The number of primary amides is 1. The summed E-state index contributed by atoms with van der Waals surface area (Å²) in [5.74, 6) is -0.0560. The minimum atomic E-state index is -0.589. The van der Waals surface area contributed by atoms with Gasteiger partial charge in [0.25, 0.3) is 5.91 Å². The first-order chi connectivity index (χ1) is 8.56. The number of hydrogen-bond acceptors (Lipinski definition) is 5. The number of hydrogen-bond donors (Lipinski definition) is 2. The number of nitrogen functional groups attached to an aromatic ring is 1. The van der Waals surface area contributed by atoms with Gasteiger partial charge in [0.2, 0.25) is 0 Å². The van der Waals surface area contributed by atoms with Gasteiger partial charge in [-0.3, -0.25) is 4.79 Å². The Hall–Kier alpha value is -2.15. The van der Waals surface area contributed by atoms with Crippen LogP contribution < -0.4 is 16.2 Å². The maximum absolute atomic E-state index is 11.2. The summed E-state index contributed by atoms with van der Waals surface area (Å²) in [6.07, 6.45) is 0. The number of carbonyl (C=O) groups excluding carboxylic acids is 1.